The molecular formula is C17H17N5O3S. The van der Waals surface area contributed by atoms with Crippen molar-refractivity contribution in [3.63, 3.8) is 0 Å². The summed E-state index contributed by atoms with van der Waals surface area (Å²) in [6.45, 7) is 1.94. The zero-order valence-electron chi connectivity index (χ0n) is 14.2. The van der Waals surface area contributed by atoms with E-state index in [0.717, 1.165) is 5.56 Å². The molecule has 3 rings (SSSR count). The van der Waals surface area contributed by atoms with E-state index in [1.165, 1.54) is 16.4 Å². The van der Waals surface area contributed by atoms with Gasteiger partial charge in [-0.15, -0.1) is 5.10 Å². The second kappa shape index (κ2) is 7.87. The third-order valence-corrected chi connectivity index (χ3v) is 4.42. The van der Waals surface area contributed by atoms with Gasteiger partial charge in [-0.05, 0) is 59.3 Å². The van der Waals surface area contributed by atoms with Crippen LogP contribution in [0.3, 0.4) is 0 Å². The van der Waals surface area contributed by atoms with Crippen LogP contribution in [0.15, 0.2) is 47.6 Å². The normalized spacial score (nSPS) is 10.5. The van der Waals surface area contributed by atoms with E-state index in [1.54, 1.807) is 31.4 Å². The number of thioether (sulfide) groups is 1. The fourth-order valence-corrected chi connectivity index (χ4v) is 2.95. The minimum Gasteiger partial charge on any atom is -0.508 e. The van der Waals surface area contributed by atoms with Crippen LogP contribution in [0.2, 0.25) is 0 Å². The van der Waals surface area contributed by atoms with Crippen LogP contribution in [0.1, 0.15) is 5.56 Å². The van der Waals surface area contributed by atoms with Gasteiger partial charge in [-0.25, -0.2) is 0 Å². The van der Waals surface area contributed by atoms with Crippen LogP contribution in [-0.2, 0) is 4.79 Å². The minimum atomic E-state index is -0.195. The monoisotopic (exact) mass is 371 g/mol. The molecule has 0 atom stereocenters. The summed E-state index contributed by atoms with van der Waals surface area (Å²) >= 11 is 1.21. The van der Waals surface area contributed by atoms with Crippen molar-refractivity contribution < 1.29 is 14.6 Å². The van der Waals surface area contributed by atoms with Crippen LogP contribution in [-0.4, -0.2) is 44.1 Å². The summed E-state index contributed by atoms with van der Waals surface area (Å²) in [5, 5.41) is 24.2. The van der Waals surface area contributed by atoms with Crippen LogP contribution in [0.4, 0.5) is 5.69 Å². The third-order valence-electron chi connectivity index (χ3n) is 3.50. The lowest BCUT2D eigenvalue weighted by atomic mass is 10.2. The first-order valence-electron chi connectivity index (χ1n) is 7.72. The Morgan fingerprint density at radius 3 is 2.77 bits per heavy atom. The molecule has 0 aliphatic carbocycles. The van der Waals surface area contributed by atoms with Gasteiger partial charge in [-0.2, -0.15) is 4.68 Å². The van der Waals surface area contributed by atoms with Gasteiger partial charge in [-0.3, -0.25) is 4.79 Å². The molecule has 0 unspecified atom stereocenters. The van der Waals surface area contributed by atoms with Gasteiger partial charge in [0.1, 0.15) is 11.5 Å². The van der Waals surface area contributed by atoms with Gasteiger partial charge in [0.2, 0.25) is 11.1 Å². The Balaban J connectivity index is 1.67. The van der Waals surface area contributed by atoms with Crippen molar-refractivity contribution >= 4 is 23.4 Å². The summed E-state index contributed by atoms with van der Waals surface area (Å²) in [4.78, 5) is 12.3. The number of carbonyl (C=O) groups is 1. The maximum atomic E-state index is 12.3. The van der Waals surface area contributed by atoms with E-state index in [2.05, 4.69) is 20.8 Å². The highest BCUT2D eigenvalue weighted by atomic mass is 32.2. The fourth-order valence-electron chi connectivity index (χ4n) is 2.26. The van der Waals surface area contributed by atoms with E-state index in [4.69, 9.17) is 4.74 Å². The van der Waals surface area contributed by atoms with Gasteiger partial charge < -0.3 is 15.2 Å². The Hall–Kier alpha value is -3.07. The van der Waals surface area contributed by atoms with Gasteiger partial charge in [-0.1, -0.05) is 17.8 Å². The van der Waals surface area contributed by atoms with Crippen molar-refractivity contribution in [2.45, 2.75) is 12.1 Å². The third kappa shape index (κ3) is 4.12. The quantitative estimate of drug-likeness (QED) is 0.642. The van der Waals surface area contributed by atoms with E-state index >= 15 is 0 Å². The molecule has 0 radical (unpaired) electrons. The molecule has 2 aromatic carbocycles. The van der Waals surface area contributed by atoms with Crippen molar-refractivity contribution in [1.82, 2.24) is 20.2 Å². The van der Waals surface area contributed by atoms with Crippen LogP contribution in [0, 0.1) is 6.92 Å². The van der Waals surface area contributed by atoms with E-state index in [0.29, 0.717) is 22.3 Å². The molecule has 8 nitrogen and oxygen atoms in total. The van der Waals surface area contributed by atoms with Gasteiger partial charge in [0.05, 0.1) is 24.2 Å². The number of anilines is 1. The minimum absolute atomic E-state index is 0.134. The molecule has 1 heterocycles. The second-order valence-electron chi connectivity index (χ2n) is 5.43. The number of phenols is 1. The molecule has 9 heteroatoms. The van der Waals surface area contributed by atoms with Crippen LogP contribution < -0.4 is 10.1 Å². The largest absolute Gasteiger partial charge is 0.508 e. The zero-order chi connectivity index (χ0) is 18.5. The van der Waals surface area contributed by atoms with Gasteiger partial charge in [0, 0.05) is 0 Å². The van der Waals surface area contributed by atoms with Crippen LogP contribution in [0.5, 0.6) is 11.5 Å². The second-order valence-corrected chi connectivity index (χ2v) is 6.37. The summed E-state index contributed by atoms with van der Waals surface area (Å²) in [6.07, 6.45) is 0. The predicted molar refractivity (Wildman–Crippen MR) is 97.9 cm³/mol. The van der Waals surface area contributed by atoms with Crippen molar-refractivity contribution in [3.05, 3.63) is 48.0 Å². The number of aryl methyl sites for hydroxylation is 1. The van der Waals surface area contributed by atoms with E-state index in [1.807, 2.05) is 25.1 Å². The number of aromatic hydroxyl groups is 1. The highest BCUT2D eigenvalue weighted by Gasteiger charge is 2.13. The highest BCUT2D eigenvalue weighted by Crippen LogP contribution is 2.26. The Morgan fingerprint density at radius 1 is 1.27 bits per heavy atom. The lowest BCUT2D eigenvalue weighted by Gasteiger charge is -2.11. The van der Waals surface area contributed by atoms with E-state index in [9.17, 15) is 9.90 Å². The number of benzene rings is 2. The Morgan fingerprint density at radius 2 is 2.04 bits per heavy atom. The van der Waals surface area contributed by atoms with Crippen molar-refractivity contribution in [3.8, 4) is 17.2 Å². The topological polar surface area (TPSA) is 102 Å². The number of nitrogens with zero attached hydrogens (tertiary/aromatic N) is 4. The number of amides is 1. The number of phenolic OH excluding ortho intramolecular Hbond substituents is 1. The summed E-state index contributed by atoms with van der Waals surface area (Å²) < 4.78 is 6.76. The molecule has 0 spiro atoms. The maximum Gasteiger partial charge on any atom is 0.234 e. The molecule has 26 heavy (non-hydrogen) atoms. The SMILES string of the molecule is COc1ccc(C)cc1NC(=O)CSc1nnnn1-c1ccc(O)cc1. The molecule has 1 amide bonds. The first-order valence-corrected chi connectivity index (χ1v) is 8.70. The van der Waals surface area contributed by atoms with Gasteiger partial charge >= 0.3 is 0 Å². The summed E-state index contributed by atoms with van der Waals surface area (Å²) in [7, 11) is 1.56. The summed E-state index contributed by atoms with van der Waals surface area (Å²) in [5.74, 6) is 0.694. The molecule has 1 aromatic heterocycles. The highest BCUT2D eigenvalue weighted by molar-refractivity contribution is 7.99. The molecule has 0 fully saturated rings. The van der Waals surface area contributed by atoms with Crippen LogP contribution in [0.25, 0.3) is 5.69 Å². The average Bonchev–Trinajstić information content (AvgIpc) is 3.09. The number of aromatic nitrogens is 4. The Bertz CT molecular complexity index is 911. The molecule has 2 N–H and O–H groups in total. The Labute approximate surface area is 154 Å². The van der Waals surface area contributed by atoms with Crippen LogP contribution >= 0.6 is 11.8 Å². The van der Waals surface area contributed by atoms with Crippen molar-refractivity contribution in [1.29, 1.82) is 0 Å². The molecule has 0 saturated carbocycles. The number of methoxy groups -OCH3 is 1. The smallest absolute Gasteiger partial charge is 0.234 e. The molecule has 3 aromatic rings. The lowest BCUT2D eigenvalue weighted by Crippen LogP contribution is -2.15. The predicted octanol–water partition coefficient (Wildman–Crippen LogP) is 2.42. The number of carbonyl (C=O) groups excluding carboxylic acids is 1. The number of ether oxygens (including phenoxy) is 1. The maximum absolute atomic E-state index is 12.3. The number of hydrogen-bond acceptors (Lipinski definition) is 7. The van der Waals surface area contributed by atoms with E-state index < -0.39 is 0 Å². The molecule has 134 valence electrons. The molecule has 0 aliphatic rings. The van der Waals surface area contributed by atoms with Crippen molar-refractivity contribution in [2.24, 2.45) is 0 Å². The average molecular weight is 371 g/mol. The zero-order valence-corrected chi connectivity index (χ0v) is 15.0. The Kier molecular flexibility index (Phi) is 5.37. The first kappa shape index (κ1) is 17.7. The fraction of sp³-hybridized carbons (Fsp3) is 0.176. The molecule has 0 bridgehead atoms. The van der Waals surface area contributed by atoms with Gasteiger partial charge in [0.25, 0.3) is 0 Å². The first-order chi connectivity index (χ1) is 12.6. The number of hydrogen-bond donors (Lipinski definition) is 2. The molecule has 0 aliphatic heterocycles. The van der Waals surface area contributed by atoms with E-state index in [-0.39, 0.29) is 17.4 Å². The molecule has 0 saturated heterocycles. The number of tetrazole rings is 1. The summed E-state index contributed by atoms with van der Waals surface area (Å²) in [6, 6.07) is 12.0. The standard InChI is InChI=1S/C17H17N5O3S/c1-11-3-8-15(25-2)14(9-11)18-16(24)10-26-17-19-20-21-22(17)12-4-6-13(23)7-5-12/h3-9,23H,10H2,1-2H3,(H,18,24). The number of rotatable bonds is 6. The van der Waals surface area contributed by atoms with Crippen molar-refractivity contribution in [2.75, 3.05) is 18.2 Å². The lowest BCUT2D eigenvalue weighted by molar-refractivity contribution is -0.113. The summed E-state index contributed by atoms with van der Waals surface area (Å²) in [5.41, 5.74) is 2.33. The number of nitrogens with one attached hydrogen (secondary N) is 1. The van der Waals surface area contributed by atoms with Gasteiger partial charge in [0.15, 0.2) is 0 Å². The molecular weight excluding hydrogens is 354 g/mol.